The summed E-state index contributed by atoms with van der Waals surface area (Å²) in [5, 5.41) is 6.80. The molecule has 0 spiro atoms. The van der Waals surface area contributed by atoms with Crippen molar-refractivity contribution in [1.29, 1.82) is 0 Å². The van der Waals surface area contributed by atoms with Crippen molar-refractivity contribution in [2.24, 2.45) is 11.8 Å². The molecule has 3 aliphatic rings. The van der Waals surface area contributed by atoms with Crippen LogP contribution in [0.3, 0.4) is 0 Å². The van der Waals surface area contributed by atoms with Crippen molar-refractivity contribution in [1.82, 2.24) is 10.6 Å². The minimum Gasteiger partial charge on any atom is -0.444 e. The van der Waals surface area contributed by atoms with Crippen LogP contribution >= 0.6 is 0 Å². The first kappa shape index (κ1) is 17.0. The lowest BCUT2D eigenvalue weighted by molar-refractivity contribution is -0.130. The molecular formula is C18H32N2O3. The van der Waals surface area contributed by atoms with Gasteiger partial charge in [0.1, 0.15) is 5.60 Å². The molecule has 23 heavy (non-hydrogen) atoms. The fraction of sp³-hybridized carbons (Fsp3) is 0.944. The van der Waals surface area contributed by atoms with Crippen molar-refractivity contribution in [3.05, 3.63) is 0 Å². The van der Waals surface area contributed by atoms with Crippen LogP contribution in [0.1, 0.15) is 59.8 Å². The molecule has 0 aromatic heterocycles. The van der Waals surface area contributed by atoms with Crippen LogP contribution in [0.2, 0.25) is 0 Å². The first-order valence-corrected chi connectivity index (χ1v) is 9.20. The first-order valence-electron chi connectivity index (χ1n) is 9.20. The summed E-state index contributed by atoms with van der Waals surface area (Å²) >= 11 is 0. The van der Waals surface area contributed by atoms with Crippen molar-refractivity contribution >= 4 is 6.09 Å². The minimum absolute atomic E-state index is 0.122. The van der Waals surface area contributed by atoms with Crippen molar-refractivity contribution in [2.45, 2.75) is 89.6 Å². The average Bonchev–Trinajstić information content (AvgIpc) is 3.24. The molecule has 1 saturated heterocycles. The molecule has 5 unspecified atom stereocenters. The molecule has 0 bridgehead atoms. The maximum Gasteiger partial charge on any atom is 0.407 e. The third-order valence-corrected chi connectivity index (χ3v) is 5.16. The number of nitrogens with one attached hydrogen (secondary N) is 2. The van der Waals surface area contributed by atoms with Gasteiger partial charge in [0.05, 0.1) is 18.2 Å². The topological polar surface area (TPSA) is 59.6 Å². The molecule has 0 aromatic rings. The molecule has 1 heterocycles. The summed E-state index contributed by atoms with van der Waals surface area (Å²) in [6.45, 7) is 8.78. The van der Waals surface area contributed by atoms with Gasteiger partial charge in [0.2, 0.25) is 0 Å². The molecular weight excluding hydrogens is 292 g/mol. The van der Waals surface area contributed by atoms with Crippen LogP contribution in [-0.2, 0) is 9.47 Å². The zero-order valence-corrected chi connectivity index (χ0v) is 14.9. The van der Waals surface area contributed by atoms with E-state index in [-0.39, 0.29) is 24.3 Å². The number of hydrogen-bond donors (Lipinski definition) is 2. The van der Waals surface area contributed by atoms with Gasteiger partial charge in [0.15, 0.2) is 0 Å². The summed E-state index contributed by atoms with van der Waals surface area (Å²) in [6.07, 6.45) is 6.11. The molecule has 132 valence electrons. The first-order chi connectivity index (χ1) is 10.8. The second kappa shape index (κ2) is 6.60. The number of fused-ring (bicyclic) bond motifs is 1. The molecule has 2 saturated carbocycles. The lowest BCUT2D eigenvalue weighted by atomic mass is 9.68. The van der Waals surface area contributed by atoms with Crippen molar-refractivity contribution in [2.75, 3.05) is 6.61 Å². The van der Waals surface area contributed by atoms with E-state index in [1.54, 1.807) is 0 Å². The molecule has 2 aliphatic carbocycles. The Morgan fingerprint density at radius 2 is 2.00 bits per heavy atom. The Kier molecular flexibility index (Phi) is 4.88. The van der Waals surface area contributed by atoms with Crippen molar-refractivity contribution in [3.63, 3.8) is 0 Å². The summed E-state index contributed by atoms with van der Waals surface area (Å²) in [5.74, 6) is 1.32. The molecule has 3 fully saturated rings. The van der Waals surface area contributed by atoms with Gasteiger partial charge >= 0.3 is 6.09 Å². The van der Waals surface area contributed by atoms with Crippen LogP contribution in [0.25, 0.3) is 0 Å². The highest BCUT2D eigenvalue weighted by molar-refractivity contribution is 5.68. The number of alkyl carbamates (subject to hydrolysis) is 1. The molecule has 0 aromatic carbocycles. The fourth-order valence-corrected chi connectivity index (χ4v) is 3.99. The van der Waals surface area contributed by atoms with E-state index in [1.165, 1.54) is 19.3 Å². The lowest BCUT2D eigenvalue weighted by Gasteiger charge is -2.54. The van der Waals surface area contributed by atoms with E-state index < -0.39 is 5.60 Å². The number of carbonyl (C=O) groups is 1. The fourth-order valence-electron chi connectivity index (χ4n) is 3.99. The zero-order chi connectivity index (χ0) is 16.6. The smallest absolute Gasteiger partial charge is 0.407 e. The number of ether oxygens (including phenoxy) is 2. The number of amides is 1. The van der Waals surface area contributed by atoms with Gasteiger partial charge in [-0.25, -0.2) is 4.79 Å². The average molecular weight is 324 g/mol. The Morgan fingerprint density at radius 1 is 1.26 bits per heavy atom. The van der Waals surface area contributed by atoms with Gasteiger partial charge < -0.3 is 20.1 Å². The van der Waals surface area contributed by atoms with E-state index in [0.717, 1.165) is 25.4 Å². The monoisotopic (exact) mass is 324 g/mol. The van der Waals surface area contributed by atoms with Gasteiger partial charge in [-0.05, 0) is 52.9 Å². The van der Waals surface area contributed by atoms with Crippen LogP contribution in [-0.4, -0.2) is 42.5 Å². The van der Waals surface area contributed by atoms with Gasteiger partial charge in [-0.1, -0.05) is 12.8 Å². The normalized spacial score (nSPS) is 35.0. The summed E-state index contributed by atoms with van der Waals surface area (Å²) in [7, 11) is 0. The summed E-state index contributed by atoms with van der Waals surface area (Å²) < 4.78 is 11.4. The Morgan fingerprint density at radius 3 is 2.65 bits per heavy atom. The van der Waals surface area contributed by atoms with Crippen LogP contribution in [0.4, 0.5) is 4.79 Å². The second-order valence-electron chi connectivity index (χ2n) is 8.59. The van der Waals surface area contributed by atoms with E-state index in [9.17, 15) is 4.79 Å². The summed E-state index contributed by atoms with van der Waals surface area (Å²) in [4.78, 5) is 12.2. The Balaban J connectivity index is 1.56. The molecule has 3 rings (SSSR count). The molecule has 1 amide bonds. The van der Waals surface area contributed by atoms with Gasteiger partial charge in [0, 0.05) is 18.6 Å². The number of carbonyl (C=O) groups excluding carboxylic acids is 1. The van der Waals surface area contributed by atoms with E-state index in [1.807, 2.05) is 20.8 Å². The van der Waals surface area contributed by atoms with E-state index in [2.05, 4.69) is 17.6 Å². The van der Waals surface area contributed by atoms with E-state index in [0.29, 0.717) is 12.0 Å². The van der Waals surface area contributed by atoms with Crippen LogP contribution < -0.4 is 10.6 Å². The predicted octanol–water partition coefficient (Wildman–Crippen LogP) is 2.84. The Hall–Kier alpha value is -0.810. The van der Waals surface area contributed by atoms with Crippen LogP contribution in [0.5, 0.6) is 0 Å². The van der Waals surface area contributed by atoms with Crippen molar-refractivity contribution < 1.29 is 14.3 Å². The van der Waals surface area contributed by atoms with Gasteiger partial charge in [0.25, 0.3) is 0 Å². The summed E-state index contributed by atoms with van der Waals surface area (Å²) in [5.41, 5.74) is -0.460. The van der Waals surface area contributed by atoms with Gasteiger partial charge in [-0.3, -0.25) is 0 Å². The largest absolute Gasteiger partial charge is 0.444 e. The minimum atomic E-state index is -0.460. The highest BCUT2D eigenvalue weighted by atomic mass is 16.6. The maximum atomic E-state index is 12.2. The lowest BCUT2D eigenvalue weighted by Crippen LogP contribution is -2.74. The van der Waals surface area contributed by atoms with Crippen LogP contribution in [0.15, 0.2) is 0 Å². The SMILES string of the molecule is CC(CC1CC1)NC1C(NC(=O)OC(C)(C)C)C2CCCOC21. The standard InChI is InChI=1S/C18H32N2O3/c1-11(10-12-7-8-12)19-15-14(13-6-5-9-22-16(13)15)20-17(21)23-18(2,3)4/h11-16,19H,5-10H2,1-4H3,(H,20,21). The highest BCUT2D eigenvalue weighted by Gasteiger charge is 2.53. The second-order valence-corrected chi connectivity index (χ2v) is 8.59. The third-order valence-electron chi connectivity index (χ3n) is 5.16. The zero-order valence-electron chi connectivity index (χ0n) is 14.9. The third kappa shape index (κ3) is 4.38. The Bertz CT molecular complexity index is 430. The van der Waals surface area contributed by atoms with Gasteiger partial charge in [-0.2, -0.15) is 0 Å². The van der Waals surface area contributed by atoms with Gasteiger partial charge in [-0.15, -0.1) is 0 Å². The number of hydrogen-bond acceptors (Lipinski definition) is 4. The number of rotatable bonds is 5. The van der Waals surface area contributed by atoms with E-state index >= 15 is 0 Å². The molecule has 1 aliphatic heterocycles. The molecule has 2 N–H and O–H groups in total. The quantitative estimate of drug-likeness (QED) is 0.816. The predicted molar refractivity (Wildman–Crippen MR) is 89.3 cm³/mol. The summed E-state index contributed by atoms with van der Waals surface area (Å²) in [6, 6.07) is 0.806. The Labute approximate surface area is 139 Å². The van der Waals surface area contributed by atoms with Crippen molar-refractivity contribution in [3.8, 4) is 0 Å². The molecule has 5 atom stereocenters. The van der Waals surface area contributed by atoms with Crippen LogP contribution in [0, 0.1) is 11.8 Å². The molecule has 0 radical (unpaired) electrons. The highest BCUT2D eigenvalue weighted by Crippen LogP contribution is 2.39. The van der Waals surface area contributed by atoms with E-state index in [4.69, 9.17) is 9.47 Å². The molecule has 5 nitrogen and oxygen atoms in total. The maximum absolute atomic E-state index is 12.2. The molecule has 5 heteroatoms.